The minimum atomic E-state index is -1.10. The summed E-state index contributed by atoms with van der Waals surface area (Å²) in [5.74, 6) is -1.10. The van der Waals surface area contributed by atoms with Crippen LogP contribution < -0.4 is 5.73 Å². The minimum Gasteiger partial charge on any atom is -0.477 e. The van der Waals surface area contributed by atoms with Crippen molar-refractivity contribution in [2.45, 2.75) is 42.9 Å². The van der Waals surface area contributed by atoms with E-state index in [-0.39, 0.29) is 34.8 Å². The lowest BCUT2D eigenvalue weighted by atomic mass is 9.79. The minimum absolute atomic E-state index is 0.0586. The standard InChI is InChI=1S/C15H19N5O4S2/c1-5-9-8(6(2)21)12(22)20(9)10(13(23)24)11(5)26-7-3-19-15(25-4-7)17-14(16)18-19/h5-9,21H,3-4H2,1-2H3,(H2,16,18)(H,23,24)/t5-,6-,7?,8-,9-/m1/s1. The third-order valence-electron chi connectivity index (χ3n) is 5.03. The zero-order valence-corrected chi connectivity index (χ0v) is 15.8. The lowest BCUT2D eigenvalue weighted by molar-refractivity contribution is -0.163. The smallest absolute Gasteiger partial charge is 0.353 e. The largest absolute Gasteiger partial charge is 0.477 e. The van der Waals surface area contributed by atoms with Gasteiger partial charge in [-0.2, -0.15) is 4.98 Å². The zero-order chi connectivity index (χ0) is 18.7. The van der Waals surface area contributed by atoms with Gasteiger partial charge in [-0.15, -0.1) is 16.9 Å². The second-order valence-electron chi connectivity index (χ2n) is 6.76. The zero-order valence-electron chi connectivity index (χ0n) is 14.2. The Morgan fingerprint density at radius 3 is 2.88 bits per heavy atom. The van der Waals surface area contributed by atoms with Gasteiger partial charge in [-0.3, -0.25) is 4.79 Å². The SMILES string of the molecule is C[C@@H](O)[C@H]1C(=O)N2C(C(=O)O)=C(SC3CSc4nc(N)nn4C3)[C@H](C)[C@H]12. The number of rotatable bonds is 4. The molecule has 0 spiro atoms. The van der Waals surface area contributed by atoms with Crippen LogP contribution in [0.2, 0.25) is 0 Å². The summed E-state index contributed by atoms with van der Waals surface area (Å²) in [5, 5.41) is 24.6. The Labute approximate surface area is 158 Å². The monoisotopic (exact) mass is 397 g/mol. The normalized spacial score (nSPS) is 31.5. The molecular formula is C15H19N5O4S2. The van der Waals surface area contributed by atoms with Gasteiger partial charge in [0.25, 0.3) is 0 Å². The molecule has 1 aromatic rings. The molecule has 0 aliphatic carbocycles. The van der Waals surface area contributed by atoms with E-state index in [1.54, 1.807) is 11.6 Å². The molecule has 3 aliphatic heterocycles. The summed E-state index contributed by atoms with van der Waals surface area (Å²) in [6.07, 6.45) is -0.795. The number of hydrogen-bond acceptors (Lipinski definition) is 8. The Morgan fingerprint density at radius 2 is 2.23 bits per heavy atom. The van der Waals surface area contributed by atoms with Crippen molar-refractivity contribution in [3.63, 3.8) is 0 Å². The Morgan fingerprint density at radius 1 is 1.50 bits per heavy atom. The van der Waals surface area contributed by atoms with E-state index in [1.165, 1.54) is 28.4 Å². The molecule has 0 radical (unpaired) electrons. The van der Waals surface area contributed by atoms with Gasteiger partial charge in [0.1, 0.15) is 5.70 Å². The molecule has 140 valence electrons. The lowest BCUT2D eigenvalue weighted by Gasteiger charge is -2.46. The first-order chi connectivity index (χ1) is 12.3. The number of fused-ring (bicyclic) bond motifs is 2. The average molecular weight is 397 g/mol. The first-order valence-corrected chi connectivity index (χ1v) is 10.1. The number of carbonyl (C=O) groups excluding carboxylic acids is 1. The van der Waals surface area contributed by atoms with E-state index in [2.05, 4.69) is 10.1 Å². The Balaban J connectivity index is 1.59. The number of nitrogens with zero attached hydrogens (tertiary/aromatic N) is 4. The fourth-order valence-corrected chi connectivity index (χ4v) is 6.48. The Bertz CT molecular complexity index is 823. The van der Waals surface area contributed by atoms with Crippen LogP contribution >= 0.6 is 23.5 Å². The maximum Gasteiger partial charge on any atom is 0.353 e. The number of carbonyl (C=O) groups is 2. The van der Waals surface area contributed by atoms with Crippen molar-refractivity contribution in [3.05, 3.63) is 10.6 Å². The highest BCUT2D eigenvalue weighted by Crippen LogP contribution is 2.52. The molecule has 4 N–H and O–H groups in total. The molecule has 11 heteroatoms. The average Bonchev–Trinajstić information content (AvgIpc) is 3.03. The van der Waals surface area contributed by atoms with E-state index in [4.69, 9.17) is 5.73 Å². The highest BCUT2D eigenvalue weighted by Gasteiger charge is 2.60. The first-order valence-electron chi connectivity index (χ1n) is 8.28. The molecule has 1 amide bonds. The van der Waals surface area contributed by atoms with E-state index in [0.29, 0.717) is 11.4 Å². The molecule has 0 bridgehead atoms. The number of hydrogen-bond donors (Lipinski definition) is 3. The Kier molecular flexibility index (Phi) is 4.20. The van der Waals surface area contributed by atoms with Gasteiger partial charge in [0.2, 0.25) is 11.9 Å². The molecule has 9 nitrogen and oxygen atoms in total. The highest BCUT2D eigenvalue weighted by molar-refractivity contribution is 8.05. The van der Waals surface area contributed by atoms with Gasteiger partial charge in [0.15, 0.2) is 5.16 Å². The van der Waals surface area contributed by atoms with Crippen molar-refractivity contribution in [2.24, 2.45) is 11.8 Å². The van der Waals surface area contributed by atoms with Crippen molar-refractivity contribution in [2.75, 3.05) is 11.5 Å². The van der Waals surface area contributed by atoms with Crippen LogP contribution in [0, 0.1) is 11.8 Å². The number of anilines is 1. The van der Waals surface area contributed by atoms with Crippen LogP contribution in [0.1, 0.15) is 13.8 Å². The van der Waals surface area contributed by atoms with Crippen LogP contribution in [0.15, 0.2) is 15.8 Å². The fourth-order valence-electron chi connectivity index (χ4n) is 3.91. The number of carboxylic acid groups (broad SMARTS) is 1. The molecule has 1 aromatic heterocycles. The van der Waals surface area contributed by atoms with E-state index >= 15 is 0 Å². The predicted molar refractivity (Wildman–Crippen MR) is 96.2 cm³/mol. The summed E-state index contributed by atoms with van der Waals surface area (Å²) in [6, 6.07) is -0.287. The van der Waals surface area contributed by atoms with Gasteiger partial charge in [-0.25, -0.2) is 9.48 Å². The molecule has 1 fully saturated rings. The third kappa shape index (κ3) is 2.52. The molecule has 1 unspecified atom stereocenters. The van der Waals surface area contributed by atoms with Crippen molar-refractivity contribution in [3.8, 4) is 0 Å². The van der Waals surface area contributed by atoms with E-state index in [0.717, 1.165) is 10.9 Å². The maximum absolute atomic E-state index is 12.4. The van der Waals surface area contributed by atoms with Gasteiger partial charge >= 0.3 is 5.97 Å². The quantitative estimate of drug-likeness (QED) is 0.610. The first kappa shape index (κ1) is 17.7. The maximum atomic E-state index is 12.4. The molecule has 4 heterocycles. The number of β-lactam (4-membered cyclic amide) rings is 1. The van der Waals surface area contributed by atoms with Crippen LogP contribution in [0.4, 0.5) is 5.95 Å². The third-order valence-corrected chi connectivity index (χ3v) is 7.84. The molecule has 0 saturated carbocycles. The highest BCUT2D eigenvalue weighted by atomic mass is 32.2. The van der Waals surface area contributed by atoms with Gasteiger partial charge in [0, 0.05) is 21.8 Å². The number of aliphatic hydroxyl groups excluding tert-OH is 1. The van der Waals surface area contributed by atoms with Crippen LogP contribution in [-0.4, -0.2) is 64.9 Å². The number of nitrogens with two attached hydrogens (primary N) is 1. The van der Waals surface area contributed by atoms with E-state index < -0.39 is 18.0 Å². The lowest BCUT2D eigenvalue weighted by Crippen LogP contribution is -2.63. The summed E-state index contributed by atoms with van der Waals surface area (Å²) in [5.41, 5.74) is 5.70. The molecule has 5 atom stereocenters. The van der Waals surface area contributed by atoms with Crippen LogP contribution in [-0.2, 0) is 16.1 Å². The Hall–Kier alpha value is -1.72. The molecular weight excluding hydrogens is 378 g/mol. The van der Waals surface area contributed by atoms with Gasteiger partial charge in [0.05, 0.1) is 24.6 Å². The number of nitrogen functional groups attached to an aromatic ring is 1. The second kappa shape index (κ2) is 6.17. The molecule has 3 aliphatic rings. The molecule has 0 aromatic carbocycles. The van der Waals surface area contributed by atoms with E-state index in [1.807, 2.05) is 6.92 Å². The summed E-state index contributed by atoms with van der Waals surface area (Å²) < 4.78 is 1.74. The van der Waals surface area contributed by atoms with E-state index in [9.17, 15) is 19.8 Å². The topological polar surface area (TPSA) is 135 Å². The number of aliphatic hydroxyl groups is 1. The van der Waals surface area contributed by atoms with Gasteiger partial charge < -0.3 is 20.8 Å². The predicted octanol–water partition coefficient (Wildman–Crippen LogP) is 0.222. The summed E-state index contributed by atoms with van der Waals surface area (Å²) in [6.45, 7) is 4.08. The van der Waals surface area contributed by atoms with Crippen molar-refractivity contribution < 1.29 is 19.8 Å². The molecule has 4 rings (SSSR count). The number of thioether (sulfide) groups is 2. The van der Waals surface area contributed by atoms with Gasteiger partial charge in [-0.05, 0) is 6.92 Å². The number of aliphatic carboxylic acids is 1. The van der Waals surface area contributed by atoms with Crippen molar-refractivity contribution in [1.82, 2.24) is 19.7 Å². The fraction of sp³-hybridized carbons (Fsp3) is 0.600. The number of aromatic nitrogens is 3. The van der Waals surface area contributed by atoms with Crippen LogP contribution in [0.25, 0.3) is 0 Å². The van der Waals surface area contributed by atoms with Crippen molar-refractivity contribution in [1.29, 1.82) is 0 Å². The molecule has 26 heavy (non-hydrogen) atoms. The number of carboxylic acids is 1. The molecule has 1 saturated heterocycles. The number of amides is 1. The van der Waals surface area contributed by atoms with Crippen molar-refractivity contribution >= 4 is 41.3 Å². The second-order valence-corrected chi connectivity index (χ2v) is 9.09. The summed E-state index contributed by atoms with van der Waals surface area (Å²) >= 11 is 3.01. The summed E-state index contributed by atoms with van der Waals surface area (Å²) in [4.78, 5) is 30.4. The van der Waals surface area contributed by atoms with Crippen LogP contribution in [0.3, 0.4) is 0 Å². The summed E-state index contributed by atoms with van der Waals surface area (Å²) in [7, 11) is 0. The van der Waals surface area contributed by atoms with Gasteiger partial charge in [-0.1, -0.05) is 18.7 Å². The van der Waals surface area contributed by atoms with Crippen LogP contribution in [0.5, 0.6) is 0 Å².